The Bertz CT molecular complexity index is 983. The molecule has 2 heterocycles. The number of aryl methyl sites for hydroxylation is 1. The zero-order valence-corrected chi connectivity index (χ0v) is 15.7. The van der Waals surface area contributed by atoms with Crippen molar-refractivity contribution in [1.82, 2.24) is 14.9 Å². The molecule has 3 rings (SSSR count). The molecule has 25 heavy (non-hydrogen) atoms. The Morgan fingerprint density at radius 2 is 2.16 bits per heavy atom. The average Bonchev–Trinajstić information content (AvgIpc) is 3.03. The van der Waals surface area contributed by atoms with Gasteiger partial charge >= 0.3 is 0 Å². The SMILES string of the molecule is C[C@@H](NC(=O)CCn1cnc2sccc2c1=O)c1ccc(Cl)cc1Cl. The second kappa shape index (κ2) is 7.56. The lowest BCUT2D eigenvalue weighted by atomic mass is 10.1. The topological polar surface area (TPSA) is 64.0 Å². The van der Waals surface area contributed by atoms with E-state index in [-0.39, 0.29) is 30.5 Å². The molecule has 0 fully saturated rings. The van der Waals surface area contributed by atoms with Crippen molar-refractivity contribution in [3.05, 3.63) is 61.9 Å². The standard InChI is InChI=1S/C17H15Cl2N3O2S/c1-10(12-3-2-11(18)8-14(12)19)21-15(23)4-6-22-9-20-16-13(17(22)24)5-7-25-16/h2-3,5,7-10H,4,6H2,1H3,(H,21,23)/t10-/m1/s1. The van der Waals surface area contributed by atoms with Gasteiger partial charge in [-0.2, -0.15) is 0 Å². The number of amides is 1. The molecule has 0 unspecified atom stereocenters. The van der Waals surface area contributed by atoms with Crippen LogP contribution in [0.3, 0.4) is 0 Å². The normalized spacial score (nSPS) is 12.3. The van der Waals surface area contributed by atoms with Crippen molar-refractivity contribution in [2.45, 2.75) is 25.9 Å². The zero-order chi connectivity index (χ0) is 18.0. The molecule has 0 saturated carbocycles. The fraction of sp³-hybridized carbons (Fsp3) is 0.235. The summed E-state index contributed by atoms with van der Waals surface area (Å²) in [5.41, 5.74) is 0.658. The smallest absolute Gasteiger partial charge is 0.262 e. The van der Waals surface area contributed by atoms with Crippen LogP contribution in [0.1, 0.15) is 24.9 Å². The predicted molar refractivity (Wildman–Crippen MR) is 102 cm³/mol. The Kier molecular flexibility index (Phi) is 5.42. The molecular formula is C17H15Cl2N3O2S. The van der Waals surface area contributed by atoms with Gasteiger partial charge in [-0.1, -0.05) is 29.3 Å². The van der Waals surface area contributed by atoms with Crippen molar-refractivity contribution in [3.8, 4) is 0 Å². The molecular weight excluding hydrogens is 381 g/mol. The van der Waals surface area contributed by atoms with Gasteiger partial charge in [0, 0.05) is 23.0 Å². The molecule has 0 bridgehead atoms. The Morgan fingerprint density at radius 3 is 2.92 bits per heavy atom. The quantitative estimate of drug-likeness (QED) is 0.708. The molecule has 0 aliphatic heterocycles. The van der Waals surface area contributed by atoms with Gasteiger partial charge in [0.1, 0.15) is 4.83 Å². The molecule has 1 atom stereocenters. The van der Waals surface area contributed by atoms with Crippen molar-refractivity contribution in [1.29, 1.82) is 0 Å². The van der Waals surface area contributed by atoms with Gasteiger partial charge < -0.3 is 5.32 Å². The summed E-state index contributed by atoms with van der Waals surface area (Å²) < 4.78 is 1.45. The Hall–Kier alpha value is -1.89. The highest BCUT2D eigenvalue weighted by molar-refractivity contribution is 7.16. The summed E-state index contributed by atoms with van der Waals surface area (Å²) in [7, 11) is 0. The molecule has 1 N–H and O–H groups in total. The number of benzene rings is 1. The number of carbonyl (C=O) groups excluding carboxylic acids is 1. The largest absolute Gasteiger partial charge is 0.349 e. The van der Waals surface area contributed by atoms with Crippen molar-refractivity contribution in [2.75, 3.05) is 0 Å². The van der Waals surface area contributed by atoms with Gasteiger partial charge in [0.2, 0.25) is 5.91 Å². The summed E-state index contributed by atoms with van der Waals surface area (Å²) in [6.45, 7) is 2.11. The van der Waals surface area contributed by atoms with Crippen molar-refractivity contribution < 1.29 is 4.79 Å². The lowest BCUT2D eigenvalue weighted by Gasteiger charge is -2.16. The number of halogens is 2. The summed E-state index contributed by atoms with van der Waals surface area (Å²) in [6, 6.07) is 6.65. The lowest BCUT2D eigenvalue weighted by Crippen LogP contribution is -2.29. The fourth-order valence-electron chi connectivity index (χ4n) is 2.52. The van der Waals surface area contributed by atoms with E-state index in [0.29, 0.717) is 20.3 Å². The second-order valence-electron chi connectivity index (χ2n) is 5.59. The third-order valence-electron chi connectivity index (χ3n) is 3.84. The number of nitrogens with zero attached hydrogens (tertiary/aromatic N) is 2. The zero-order valence-electron chi connectivity index (χ0n) is 13.3. The number of nitrogens with one attached hydrogen (secondary N) is 1. The fourth-order valence-corrected chi connectivity index (χ4v) is 3.81. The summed E-state index contributed by atoms with van der Waals surface area (Å²) in [6.07, 6.45) is 1.65. The van der Waals surface area contributed by atoms with Crippen molar-refractivity contribution in [3.63, 3.8) is 0 Å². The van der Waals surface area contributed by atoms with Crippen LogP contribution in [-0.2, 0) is 11.3 Å². The molecule has 0 saturated heterocycles. The van der Waals surface area contributed by atoms with Crippen molar-refractivity contribution in [2.24, 2.45) is 0 Å². The number of fused-ring (bicyclic) bond motifs is 1. The Labute approximate surface area is 158 Å². The first-order chi connectivity index (χ1) is 12.0. The van der Waals surface area contributed by atoms with E-state index in [1.54, 1.807) is 24.3 Å². The molecule has 130 valence electrons. The summed E-state index contributed by atoms with van der Waals surface area (Å²) in [5.74, 6) is -0.171. The molecule has 3 aromatic rings. The van der Waals surface area contributed by atoms with E-state index in [9.17, 15) is 9.59 Å². The molecule has 0 aliphatic rings. The maximum atomic E-state index is 12.3. The minimum Gasteiger partial charge on any atom is -0.349 e. The summed E-state index contributed by atoms with van der Waals surface area (Å²) in [5, 5.41) is 6.33. The third kappa shape index (κ3) is 4.03. The van der Waals surface area contributed by atoms with Crippen LogP contribution in [0.15, 0.2) is 40.8 Å². The Balaban J connectivity index is 1.64. The van der Waals surface area contributed by atoms with Gasteiger partial charge in [-0.15, -0.1) is 11.3 Å². The molecule has 5 nitrogen and oxygen atoms in total. The van der Waals surface area contributed by atoms with Gasteiger partial charge in [0.05, 0.1) is 17.8 Å². The van der Waals surface area contributed by atoms with Crippen molar-refractivity contribution >= 4 is 50.7 Å². The number of hydrogen-bond donors (Lipinski definition) is 1. The molecule has 0 radical (unpaired) electrons. The number of rotatable bonds is 5. The van der Waals surface area contributed by atoms with Crippen LogP contribution in [0.2, 0.25) is 10.0 Å². The second-order valence-corrected chi connectivity index (χ2v) is 7.33. The first-order valence-corrected chi connectivity index (χ1v) is 9.26. The van der Waals surface area contributed by atoms with Crippen LogP contribution in [0, 0.1) is 0 Å². The van der Waals surface area contributed by atoms with E-state index in [4.69, 9.17) is 23.2 Å². The van der Waals surface area contributed by atoms with Crippen LogP contribution in [0.4, 0.5) is 0 Å². The van der Waals surface area contributed by atoms with E-state index in [0.717, 1.165) is 5.56 Å². The van der Waals surface area contributed by atoms with Gasteiger partial charge in [-0.25, -0.2) is 4.98 Å². The van der Waals surface area contributed by atoms with Gasteiger partial charge in [-0.3, -0.25) is 14.2 Å². The number of thiophene rings is 1. The van der Waals surface area contributed by atoms with Crippen LogP contribution in [-0.4, -0.2) is 15.5 Å². The first kappa shape index (κ1) is 17.9. The third-order valence-corrected chi connectivity index (χ3v) is 5.22. The van der Waals surface area contributed by atoms with Gasteiger partial charge in [0.15, 0.2) is 0 Å². The van der Waals surface area contributed by atoms with Crippen LogP contribution in [0.5, 0.6) is 0 Å². The minimum atomic E-state index is -0.258. The average molecular weight is 396 g/mol. The number of hydrogen-bond acceptors (Lipinski definition) is 4. The highest BCUT2D eigenvalue weighted by Gasteiger charge is 2.13. The number of carbonyl (C=O) groups is 1. The van der Waals surface area contributed by atoms with Gasteiger partial charge in [0.25, 0.3) is 5.56 Å². The summed E-state index contributed by atoms with van der Waals surface area (Å²) >= 11 is 13.5. The van der Waals surface area contributed by atoms with E-state index in [1.165, 1.54) is 22.2 Å². The van der Waals surface area contributed by atoms with E-state index in [1.807, 2.05) is 12.3 Å². The number of aromatic nitrogens is 2. The molecule has 0 aliphatic carbocycles. The molecule has 2 aromatic heterocycles. The van der Waals surface area contributed by atoms with E-state index < -0.39 is 0 Å². The van der Waals surface area contributed by atoms with Crippen LogP contribution >= 0.6 is 34.5 Å². The van der Waals surface area contributed by atoms with Crippen LogP contribution in [0.25, 0.3) is 10.2 Å². The minimum absolute atomic E-state index is 0.132. The molecule has 8 heteroatoms. The highest BCUT2D eigenvalue weighted by atomic mass is 35.5. The van der Waals surface area contributed by atoms with Crippen LogP contribution < -0.4 is 10.9 Å². The highest BCUT2D eigenvalue weighted by Crippen LogP contribution is 2.26. The monoisotopic (exact) mass is 395 g/mol. The van der Waals surface area contributed by atoms with E-state index in [2.05, 4.69) is 10.3 Å². The summed E-state index contributed by atoms with van der Waals surface area (Å²) in [4.78, 5) is 29.4. The van der Waals surface area contributed by atoms with E-state index >= 15 is 0 Å². The molecule has 1 aromatic carbocycles. The Morgan fingerprint density at radius 1 is 1.36 bits per heavy atom. The predicted octanol–water partition coefficient (Wildman–Crippen LogP) is 4.03. The maximum absolute atomic E-state index is 12.3. The molecule has 0 spiro atoms. The van der Waals surface area contributed by atoms with Gasteiger partial charge in [-0.05, 0) is 36.1 Å². The maximum Gasteiger partial charge on any atom is 0.262 e. The molecule has 1 amide bonds. The lowest BCUT2D eigenvalue weighted by molar-refractivity contribution is -0.121. The first-order valence-electron chi connectivity index (χ1n) is 7.62.